The van der Waals surface area contributed by atoms with Gasteiger partial charge in [-0.25, -0.2) is 4.98 Å². The fourth-order valence-electron chi connectivity index (χ4n) is 2.12. The molecule has 1 fully saturated rings. The number of rotatable bonds is 4. The van der Waals surface area contributed by atoms with Crippen LogP contribution in [0.15, 0.2) is 47.3 Å². The molecule has 5 heteroatoms. The molecule has 102 valence electrons. The molecule has 0 spiro atoms. The van der Waals surface area contributed by atoms with E-state index in [1.165, 1.54) is 0 Å². The molecule has 20 heavy (non-hydrogen) atoms. The van der Waals surface area contributed by atoms with Crippen molar-refractivity contribution in [2.45, 2.75) is 25.4 Å². The summed E-state index contributed by atoms with van der Waals surface area (Å²) in [5, 5.41) is 0. The number of hydrogen-bond acceptors (Lipinski definition) is 3. The van der Waals surface area contributed by atoms with Gasteiger partial charge in [-0.2, -0.15) is 0 Å². The third kappa shape index (κ3) is 3.04. The van der Waals surface area contributed by atoms with Gasteiger partial charge in [0.25, 0.3) is 5.91 Å². The van der Waals surface area contributed by atoms with Crippen LogP contribution in [0.3, 0.4) is 0 Å². The van der Waals surface area contributed by atoms with Crippen molar-refractivity contribution in [3.05, 3.63) is 58.6 Å². The molecule has 2 heterocycles. The fraction of sp³-hybridized carbons (Fsp3) is 0.267. The number of carbonyl (C=O) groups is 1. The second-order valence-electron chi connectivity index (χ2n) is 4.85. The summed E-state index contributed by atoms with van der Waals surface area (Å²) in [7, 11) is 0. The van der Waals surface area contributed by atoms with Crippen LogP contribution in [0.1, 0.15) is 28.9 Å². The summed E-state index contributed by atoms with van der Waals surface area (Å²) in [6.45, 7) is 0.560. The molecule has 2 aromatic heterocycles. The van der Waals surface area contributed by atoms with Gasteiger partial charge >= 0.3 is 0 Å². The van der Waals surface area contributed by atoms with Gasteiger partial charge in [0.15, 0.2) is 0 Å². The standard InChI is InChI=1S/C15H14BrN3O/c16-14-9-11(6-8-18-14)15(20)19(13-4-5-13)10-12-3-1-2-7-17-12/h1-3,6-9,13H,4-5,10H2. The van der Waals surface area contributed by atoms with Gasteiger partial charge in [0.2, 0.25) is 0 Å². The molecule has 1 aliphatic rings. The zero-order chi connectivity index (χ0) is 13.9. The quantitative estimate of drug-likeness (QED) is 0.809. The molecule has 1 aliphatic carbocycles. The van der Waals surface area contributed by atoms with Crippen LogP contribution < -0.4 is 0 Å². The fourth-order valence-corrected chi connectivity index (χ4v) is 2.49. The number of aromatic nitrogens is 2. The van der Waals surface area contributed by atoms with Crippen LogP contribution in [0.25, 0.3) is 0 Å². The Balaban J connectivity index is 1.82. The van der Waals surface area contributed by atoms with E-state index in [0.29, 0.717) is 22.8 Å². The highest BCUT2D eigenvalue weighted by Gasteiger charge is 2.33. The summed E-state index contributed by atoms with van der Waals surface area (Å²) in [4.78, 5) is 22.9. The number of hydrogen-bond donors (Lipinski definition) is 0. The van der Waals surface area contributed by atoms with Crippen molar-refractivity contribution < 1.29 is 4.79 Å². The number of nitrogens with zero attached hydrogens (tertiary/aromatic N) is 3. The van der Waals surface area contributed by atoms with E-state index in [1.54, 1.807) is 24.5 Å². The van der Waals surface area contributed by atoms with Crippen LogP contribution in [0.4, 0.5) is 0 Å². The lowest BCUT2D eigenvalue weighted by atomic mass is 10.2. The molecule has 0 aliphatic heterocycles. The van der Waals surface area contributed by atoms with Gasteiger partial charge < -0.3 is 4.90 Å². The van der Waals surface area contributed by atoms with Crippen molar-refractivity contribution in [3.8, 4) is 0 Å². The molecule has 0 bridgehead atoms. The third-order valence-electron chi connectivity index (χ3n) is 3.28. The summed E-state index contributed by atoms with van der Waals surface area (Å²) in [6, 6.07) is 9.63. The zero-order valence-electron chi connectivity index (χ0n) is 10.9. The first-order valence-electron chi connectivity index (χ1n) is 6.56. The summed E-state index contributed by atoms with van der Waals surface area (Å²) >= 11 is 3.30. The molecule has 0 atom stereocenters. The van der Waals surface area contributed by atoms with E-state index in [4.69, 9.17) is 0 Å². The van der Waals surface area contributed by atoms with E-state index in [1.807, 2.05) is 23.1 Å². The van der Waals surface area contributed by atoms with Crippen LogP contribution in [-0.2, 0) is 6.54 Å². The van der Waals surface area contributed by atoms with E-state index < -0.39 is 0 Å². The second-order valence-corrected chi connectivity index (χ2v) is 5.67. The lowest BCUT2D eigenvalue weighted by Gasteiger charge is -2.22. The average Bonchev–Trinajstić information content (AvgIpc) is 3.30. The van der Waals surface area contributed by atoms with Gasteiger partial charge in [-0.15, -0.1) is 0 Å². The van der Waals surface area contributed by atoms with Crippen LogP contribution >= 0.6 is 15.9 Å². The Morgan fingerprint density at radius 2 is 2.10 bits per heavy atom. The van der Waals surface area contributed by atoms with E-state index in [0.717, 1.165) is 18.5 Å². The molecule has 0 N–H and O–H groups in total. The Morgan fingerprint density at radius 1 is 1.25 bits per heavy atom. The number of carbonyl (C=O) groups excluding carboxylic acids is 1. The highest BCUT2D eigenvalue weighted by Crippen LogP contribution is 2.29. The van der Waals surface area contributed by atoms with Crippen molar-refractivity contribution in [3.63, 3.8) is 0 Å². The lowest BCUT2D eigenvalue weighted by molar-refractivity contribution is 0.0727. The molecule has 3 rings (SSSR count). The SMILES string of the molecule is O=C(c1ccnc(Br)c1)N(Cc1ccccn1)C1CC1. The van der Waals surface area contributed by atoms with Crippen molar-refractivity contribution in [1.29, 1.82) is 0 Å². The molecule has 0 radical (unpaired) electrons. The first-order chi connectivity index (χ1) is 9.74. The summed E-state index contributed by atoms with van der Waals surface area (Å²) in [5.41, 5.74) is 1.58. The van der Waals surface area contributed by atoms with Crippen LogP contribution in [0.2, 0.25) is 0 Å². The van der Waals surface area contributed by atoms with Gasteiger partial charge in [0.1, 0.15) is 4.60 Å². The Kier molecular flexibility index (Phi) is 3.78. The normalized spacial score (nSPS) is 14.1. The van der Waals surface area contributed by atoms with Crippen molar-refractivity contribution >= 4 is 21.8 Å². The predicted octanol–water partition coefficient (Wildman–Crippen LogP) is 3.04. The number of amides is 1. The molecule has 2 aromatic rings. The highest BCUT2D eigenvalue weighted by molar-refractivity contribution is 9.10. The second kappa shape index (κ2) is 5.71. The minimum atomic E-state index is 0.0428. The van der Waals surface area contributed by atoms with Gasteiger partial charge in [-0.1, -0.05) is 6.07 Å². The maximum atomic E-state index is 12.6. The maximum Gasteiger partial charge on any atom is 0.254 e. The monoisotopic (exact) mass is 331 g/mol. The predicted molar refractivity (Wildman–Crippen MR) is 79.1 cm³/mol. The summed E-state index contributed by atoms with van der Waals surface area (Å²) in [5.74, 6) is 0.0428. The Hall–Kier alpha value is -1.75. The van der Waals surface area contributed by atoms with Gasteiger partial charge in [-0.05, 0) is 53.0 Å². The van der Waals surface area contributed by atoms with Gasteiger partial charge in [-0.3, -0.25) is 9.78 Å². The van der Waals surface area contributed by atoms with E-state index in [-0.39, 0.29) is 5.91 Å². The third-order valence-corrected chi connectivity index (χ3v) is 3.71. The van der Waals surface area contributed by atoms with Gasteiger partial charge in [0.05, 0.1) is 12.2 Å². The van der Waals surface area contributed by atoms with Crippen LogP contribution in [0.5, 0.6) is 0 Å². The first kappa shape index (κ1) is 13.2. The smallest absolute Gasteiger partial charge is 0.254 e. The molecule has 4 nitrogen and oxygen atoms in total. The summed E-state index contributed by atoms with van der Waals surface area (Å²) < 4.78 is 0.678. The minimum Gasteiger partial charge on any atom is -0.330 e. The maximum absolute atomic E-state index is 12.6. The largest absolute Gasteiger partial charge is 0.330 e. The van der Waals surface area contributed by atoms with Crippen LogP contribution in [-0.4, -0.2) is 26.8 Å². The Bertz CT molecular complexity index is 614. The van der Waals surface area contributed by atoms with Crippen LogP contribution in [0, 0.1) is 0 Å². The highest BCUT2D eigenvalue weighted by atomic mass is 79.9. The zero-order valence-corrected chi connectivity index (χ0v) is 12.5. The molecule has 1 saturated carbocycles. The summed E-state index contributed by atoms with van der Waals surface area (Å²) in [6.07, 6.45) is 5.55. The molecule has 0 aromatic carbocycles. The molecular weight excluding hydrogens is 318 g/mol. The van der Waals surface area contributed by atoms with E-state index in [9.17, 15) is 4.79 Å². The van der Waals surface area contributed by atoms with E-state index >= 15 is 0 Å². The lowest BCUT2D eigenvalue weighted by Crippen LogP contribution is -2.32. The molecule has 0 saturated heterocycles. The number of halogens is 1. The first-order valence-corrected chi connectivity index (χ1v) is 7.36. The van der Waals surface area contributed by atoms with Crippen molar-refractivity contribution in [1.82, 2.24) is 14.9 Å². The van der Waals surface area contributed by atoms with Gasteiger partial charge in [0, 0.05) is 24.0 Å². The topological polar surface area (TPSA) is 46.1 Å². The van der Waals surface area contributed by atoms with Crippen molar-refractivity contribution in [2.24, 2.45) is 0 Å². The minimum absolute atomic E-state index is 0.0428. The molecule has 1 amide bonds. The van der Waals surface area contributed by atoms with Crippen molar-refractivity contribution in [2.75, 3.05) is 0 Å². The van der Waals surface area contributed by atoms with E-state index in [2.05, 4.69) is 25.9 Å². The number of pyridine rings is 2. The molecular formula is C15H14BrN3O. The Morgan fingerprint density at radius 3 is 2.75 bits per heavy atom. The average molecular weight is 332 g/mol. The Labute approximate surface area is 126 Å². The molecule has 0 unspecified atom stereocenters.